The zero-order chi connectivity index (χ0) is 20.2. The highest BCUT2D eigenvalue weighted by Gasteiger charge is 2.32. The normalized spacial score (nSPS) is 18.1. The monoisotopic (exact) mass is 408 g/mol. The van der Waals surface area contributed by atoms with E-state index < -0.39 is 22.4 Å². The van der Waals surface area contributed by atoms with E-state index in [4.69, 9.17) is 0 Å². The van der Waals surface area contributed by atoms with Crippen molar-refractivity contribution in [2.45, 2.75) is 39.1 Å². The van der Waals surface area contributed by atoms with Crippen LogP contribution < -0.4 is 10.1 Å². The Morgan fingerprint density at radius 1 is 1.26 bits per heavy atom. The van der Waals surface area contributed by atoms with E-state index in [-0.39, 0.29) is 23.3 Å². The molecular weight excluding hydrogens is 385 g/mol. The predicted octanol–water partition coefficient (Wildman–Crippen LogP) is 2.82. The minimum absolute atomic E-state index is 0.0367. The van der Waals surface area contributed by atoms with Crippen molar-refractivity contribution in [3.05, 3.63) is 29.8 Å². The number of amides is 1. The maximum atomic E-state index is 12.4. The average Bonchev–Trinajstić information content (AvgIpc) is 2.61. The van der Waals surface area contributed by atoms with Crippen LogP contribution in [0.2, 0.25) is 0 Å². The second kappa shape index (κ2) is 8.47. The first-order chi connectivity index (χ1) is 12.5. The fourth-order valence-corrected chi connectivity index (χ4v) is 4.08. The molecule has 1 aromatic rings. The highest BCUT2D eigenvalue weighted by Crippen LogP contribution is 2.25. The summed E-state index contributed by atoms with van der Waals surface area (Å²) in [6.07, 6.45) is -3.87. The first-order valence-corrected chi connectivity index (χ1v) is 10.3. The number of ether oxygens (including phenoxy) is 1. The molecule has 152 valence electrons. The molecule has 6 nitrogen and oxygen atoms in total. The SMILES string of the molecule is CCS(=O)(=O)N1CCC(C(=O)N[C@H](C)c2ccc(OC(F)(F)F)cc2)CC1. The minimum atomic E-state index is -4.75. The molecular formula is C17H23F3N2O4S. The summed E-state index contributed by atoms with van der Waals surface area (Å²) < 4.78 is 65.5. The molecule has 0 spiro atoms. The molecule has 1 N–H and O–H groups in total. The molecule has 10 heteroatoms. The van der Waals surface area contributed by atoms with Gasteiger partial charge in [0.05, 0.1) is 11.8 Å². The fourth-order valence-electron chi connectivity index (χ4n) is 2.95. The average molecular weight is 408 g/mol. The molecule has 1 saturated heterocycles. The zero-order valence-corrected chi connectivity index (χ0v) is 15.9. The summed E-state index contributed by atoms with van der Waals surface area (Å²) in [6, 6.07) is 4.92. The lowest BCUT2D eigenvalue weighted by atomic mass is 9.96. The third-order valence-electron chi connectivity index (χ3n) is 4.56. The topological polar surface area (TPSA) is 75.7 Å². The molecule has 0 aliphatic carbocycles. The van der Waals surface area contributed by atoms with Crippen LogP contribution in [0.25, 0.3) is 0 Å². The van der Waals surface area contributed by atoms with Crippen LogP contribution in [0.5, 0.6) is 5.75 Å². The minimum Gasteiger partial charge on any atom is -0.406 e. The maximum Gasteiger partial charge on any atom is 0.573 e. The van der Waals surface area contributed by atoms with Gasteiger partial charge < -0.3 is 10.1 Å². The number of hydrogen-bond acceptors (Lipinski definition) is 4. The lowest BCUT2D eigenvalue weighted by molar-refractivity contribution is -0.274. The number of benzene rings is 1. The Morgan fingerprint density at radius 3 is 2.30 bits per heavy atom. The summed E-state index contributed by atoms with van der Waals surface area (Å²) >= 11 is 0. The Hall–Kier alpha value is -1.81. The summed E-state index contributed by atoms with van der Waals surface area (Å²) in [5, 5.41) is 2.83. The largest absolute Gasteiger partial charge is 0.573 e. The molecule has 0 radical (unpaired) electrons. The summed E-state index contributed by atoms with van der Waals surface area (Å²) in [5.41, 5.74) is 0.642. The predicted molar refractivity (Wildman–Crippen MR) is 93.4 cm³/mol. The lowest BCUT2D eigenvalue weighted by Crippen LogP contribution is -2.43. The number of carbonyl (C=O) groups excluding carboxylic acids is 1. The van der Waals surface area contributed by atoms with E-state index >= 15 is 0 Å². The molecule has 1 aliphatic heterocycles. The van der Waals surface area contributed by atoms with E-state index in [0.29, 0.717) is 31.5 Å². The molecule has 0 unspecified atom stereocenters. The number of nitrogens with one attached hydrogen (secondary N) is 1. The van der Waals surface area contributed by atoms with Gasteiger partial charge >= 0.3 is 6.36 Å². The number of nitrogens with zero attached hydrogens (tertiary/aromatic N) is 1. The van der Waals surface area contributed by atoms with Crippen LogP contribution >= 0.6 is 0 Å². The number of sulfonamides is 1. The lowest BCUT2D eigenvalue weighted by Gasteiger charge is -2.31. The van der Waals surface area contributed by atoms with Gasteiger partial charge in [-0.05, 0) is 44.4 Å². The van der Waals surface area contributed by atoms with Crippen molar-refractivity contribution in [1.29, 1.82) is 0 Å². The van der Waals surface area contributed by atoms with E-state index in [1.165, 1.54) is 28.6 Å². The summed E-state index contributed by atoms with van der Waals surface area (Å²) in [6.45, 7) is 3.94. The standard InChI is InChI=1S/C17H23F3N2O4S/c1-3-27(24,25)22-10-8-14(9-11-22)16(23)21-12(2)13-4-6-15(7-5-13)26-17(18,19)20/h4-7,12,14H,3,8-11H2,1-2H3,(H,21,23)/t12-/m1/s1. The van der Waals surface area contributed by atoms with Crippen molar-refractivity contribution in [1.82, 2.24) is 9.62 Å². The van der Waals surface area contributed by atoms with Crippen molar-refractivity contribution >= 4 is 15.9 Å². The molecule has 1 fully saturated rings. The summed E-state index contributed by atoms with van der Waals surface area (Å²) in [4.78, 5) is 12.4. The molecule has 0 saturated carbocycles. The highest BCUT2D eigenvalue weighted by molar-refractivity contribution is 7.89. The van der Waals surface area contributed by atoms with Gasteiger partial charge in [0.25, 0.3) is 0 Å². The van der Waals surface area contributed by atoms with Gasteiger partial charge in [-0.15, -0.1) is 13.2 Å². The Labute approximate surface area is 156 Å². The Morgan fingerprint density at radius 2 is 1.81 bits per heavy atom. The first-order valence-electron chi connectivity index (χ1n) is 8.65. The third-order valence-corrected chi connectivity index (χ3v) is 6.44. The quantitative estimate of drug-likeness (QED) is 0.786. The van der Waals surface area contributed by atoms with E-state index in [1.807, 2.05) is 0 Å². The first kappa shape index (κ1) is 21.5. The van der Waals surface area contributed by atoms with Crippen molar-refractivity contribution in [3.63, 3.8) is 0 Å². The zero-order valence-electron chi connectivity index (χ0n) is 15.1. The van der Waals surface area contributed by atoms with Gasteiger partial charge in [0.2, 0.25) is 15.9 Å². The van der Waals surface area contributed by atoms with Crippen molar-refractivity contribution < 1.29 is 31.1 Å². The van der Waals surface area contributed by atoms with Crippen molar-refractivity contribution in [2.75, 3.05) is 18.8 Å². The number of rotatable bonds is 6. The van der Waals surface area contributed by atoms with Crippen LogP contribution in [-0.2, 0) is 14.8 Å². The maximum absolute atomic E-state index is 12.4. The molecule has 0 bridgehead atoms. The van der Waals surface area contributed by atoms with E-state index in [0.717, 1.165) is 0 Å². The molecule has 1 amide bonds. The molecule has 27 heavy (non-hydrogen) atoms. The van der Waals surface area contributed by atoms with Crippen LogP contribution in [0.3, 0.4) is 0 Å². The van der Waals surface area contributed by atoms with Crippen LogP contribution in [0.15, 0.2) is 24.3 Å². The van der Waals surface area contributed by atoms with Crippen LogP contribution in [0.1, 0.15) is 38.3 Å². The molecule has 1 aliphatic rings. The fraction of sp³-hybridized carbons (Fsp3) is 0.588. The third kappa shape index (κ3) is 6.10. The number of alkyl halides is 3. The van der Waals surface area contributed by atoms with E-state index in [2.05, 4.69) is 10.1 Å². The van der Waals surface area contributed by atoms with Gasteiger partial charge in [-0.3, -0.25) is 4.79 Å². The molecule has 2 rings (SSSR count). The Balaban J connectivity index is 1.89. The van der Waals surface area contributed by atoms with Gasteiger partial charge in [0.1, 0.15) is 5.75 Å². The highest BCUT2D eigenvalue weighted by atomic mass is 32.2. The number of carbonyl (C=O) groups is 1. The second-order valence-corrected chi connectivity index (χ2v) is 8.68. The summed E-state index contributed by atoms with van der Waals surface area (Å²) in [5.74, 6) is -0.765. The number of piperidine rings is 1. The Bertz CT molecular complexity index is 742. The van der Waals surface area contributed by atoms with Gasteiger partial charge in [-0.1, -0.05) is 12.1 Å². The van der Waals surface area contributed by atoms with Gasteiger partial charge in [0.15, 0.2) is 0 Å². The van der Waals surface area contributed by atoms with E-state index in [1.54, 1.807) is 13.8 Å². The van der Waals surface area contributed by atoms with Gasteiger partial charge in [-0.2, -0.15) is 0 Å². The van der Waals surface area contributed by atoms with Crippen LogP contribution in [0, 0.1) is 5.92 Å². The molecule has 1 aromatic carbocycles. The molecule has 1 atom stereocenters. The molecule has 1 heterocycles. The van der Waals surface area contributed by atoms with Gasteiger partial charge in [-0.25, -0.2) is 12.7 Å². The number of hydrogen-bond donors (Lipinski definition) is 1. The smallest absolute Gasteiger partial charge is 0.406 e. The van der Waals surface area contributed by atoms with Crippen molar-refractivity contribution in [3.8, 4) is 5.75 Å². The number of halogens is 3. The Kier molecular flexibility index (Phi) is 6.74. The van der Waals surface area contributed by atoms with E-state index in [9.17, 15) is 26.4 Å². The second-order valence-electron chi connectivity index (χ2n) is 6.42. The van der Waals surface area contributed by atoms with Gasteiger partial charge in [0, 0.05) is 19.0 Å². The van der Waals surface area contributed by atoms with Crippen LogP contribution in [-0.4, -0.2) is 43.8 Å². The summed E-state index contributed by atoms with van der Waals surface area (Å²) in [7, 11) is -3.24. The van der Waals surface area contributed by atoms with Crippen LogP contribution in [0.4, 0.5) is 13.2 Å². The molecule has 0 aromatic heterocycles. The van der Waals surface area contributed by atoms with Crippen molar-refractivity contribution in [2.24, 2.45) is 5.92 Å².